The number of ether oxygens (including phenoxy) is 1. The third-order valence-electron chi connectivity index (χ3n) is 3.66. The van der Waals surface area contributed by atoms with E-state index >= 15 is 0 Å². The van der Waals surface area contributed by atoms with Crippen LogP contribution in [-0.4, -0.2) is 41.9 Å². The first-order chi connectivity index (χ1) is 12.0. The zero-order valence-corrected chi connectivity index (χ0v) is 15.1. The van der Waals surface area contributed by atoms with Gasteiger partial charge in [-0.25, -0.2) is 4.98 Å². The van der Waals surface area contributed by atoms with Crippen LogP contribution in [0.4, 0.5) is 5.69 Å². The van der Waals surface area contributed by atoms with Gasteiger partial charge in [-0.1, -0.05) is 17.7 Å². The molecule has 6 nitrogen and oxygen atoms in total. The number of nitrogens with zero attached hydrogens (tertiary/aromatic N) is 2. The van der Waals surface area contributed by atoms with Crippen molar-refractivity contribution >= 4 is 29.1 Å². The third kappa shape index (κ3) is 4.48. The van der Waals surface area contributed by atoms with Crippen LogP contribution in [0.1, 0.15) is 34.8 Å². The van der Waals surface area contributed by atoms with E-state index in [1.54, 1.807) is 41.3 Å². The number of hydrogen-bond acceptors (Lipinski definition) is 4. The molecule has 0 atom stereocenters. The molecule has 2 amide bonds. The summed E-state index contributed by atoms with van der Waals surface area (Å²) in [6, 6.07) is 9.71. The van der Waals surface area contributed by atoms with E-state index < -0.39 is 5.91 Å². The fourth-order valence-electron chi connectivity index (χ4n) is 2.29. The Balaban J connectivity index is 2.18. The van der Waals surface area contributed by atoms with Gasteiger partial charge in [0.25, 0.3) is 11.8 Å². The molecule has 25 heavy (non-hydrogen) atoms. The summed E-state index contributed by atoms with van der Waals surface area (Å²) < 4.78 is 5.08. The Bertz CT molecular complexity index is 776. The van der Waals surface area contributed by atoms with E-state index in [1.807, 2.05) is 13.8 Å². The van der Waals surface area contributed by atoms with Crippen molar-refractivity contribution in [2.45, 2.75) is 13.8 Å². The number of pyridine rings is 1. The maximum atomic E-state index is 12.4. The van der Waals surface area contributed by atoms with E-state index in [1.165, 1.54) is 7.11 Å². The molecule has 0 unspecified atom stereocenters. The molecular weight excluding hydrogens is 342 g/mol. The Morgan fingerprint density at radius 3 is 2.44 bits per heavy atom. The first-order valence-corrected chi connectivity index (χ1v) is 8.29. The maximum absolute atomic E-state index is 12.4. The highest BCUT2D eigenvalue weighted by Crippen LogP contribution is 2.27. The predicted molar refractivity (Wildman–Crippen MR) is 97.4 cm³/mol. The van der Waals surface area contributed by atoms with Crippen LogP contribution in [-0.2, 0) is 0 Å². The van der Waals surface area contributed by atoms with Crippen LogP contribution in [0.5, 0.6) is 5.75 Å². The molecule has 2 rings (SSSR count). The van der Waals surface area contributed by atoms with Crippen LogP contribution in [0.15, 0.2) is 36.4 Å². The van der Waals surface area contributed by atoms with E-state index in [4.69, 9.17) is 16.3 Å². The Kier molecular flexibility index (Phi) is 6.36. The van der Waals surface area contributed by atoms with Crippen molar-refractivity contribution in [3.63, 3.8) is 0 Å². The number of rotatable bonds is 6. The molecule has 0 spiro atoms. The standard InChI is InChI=1S/C18H20ClN3O3/c1-4-22(5-2)18(24)15-8-6-7-14(21-15)17(23)20-12-9-10-16(25-3)13(19)11-12/h6-11H,4-5H2,1-3H3,(H,20,23). The van der Waals surface area contributed by atoms with Gasteiger partial charge in [-0.2, -0.15) is 0 Å². The van der Waals surface area contributed by atoms with Crippen molar-refractivity contribution in [1.29, 1.82) is 0 Å². The van der Waals surface area contributed by atoms with Gasteiger partial charge in [0, 0.05) is 18.8 Å². The summed E-state index contributed by atoms with van der Waals surface area (Å²) >= 11 is 6.05. The fourth-order valence-corrected chi connectivity index (χ4v) is 2.55. The molecular formula is C18H20ClN3O3. The minimum absolute atomic E-state index is 0.157. The van der Waals surface area contributed by atoms with Crippen LogP contribution >= 0.6 is 11.6 Å². The van der Waals surface area contributed by atoms with Crippen LogP contribution in [0.25, 0.3) is 0 Å². The van der Waals surface area contributed by atoms with Crippen molar-refractivity contribution in [3.8, 4) is 5.75 Å². The number of hydrogen-bond donors (Lipinski definition) is 1. The molecule has 1 heterocycles. The second-order valence-corrected chi connectivity index (χ2v) is 5.60. The molecule has 2 aromatic rings. The topological polar surface area (TPSA) is 71.5 Å². The molecule has 0 fully saturated rings. The summed E-state index contributed by atoms with van der Waals surface area (Å²) in [4.78, 5) is 30.6. The van der Waals surface area contributed by atoms with Gasteiger partial charge >= 0.3 is 0 Å². The van der Waals surface area contributed by atoms with Crippen LogP contribution in [0, 0.1) is 0 Å². The van der Waals surface area contributed by atoms with Gasteiger partial charge in [0.2, 0.25) is 0 Å². The van der Waals surface area contributed by atoms with E-state index in [-0.39, 0.29) is 17.3 Å². The normalized spacial score (nSPS) is 10.2. The molecule has 0 bridgehead atoms. The zero-order valence-electron chi connectivity index (χ0n) is 14.4. The molecule has 7 heteroatoms. The minimum atomic E-state index is -0.421. The van der Waals surface area contributed by atoms with Crippen LogP contribution in [0.3, 0.4) is 0 Å². The Hall–Kier alpha value is -2.60. The van der Waals surface area contributed by atoms with Crippen molar-refractivity contribution < 1.29 is 14.3 Å². The Morgan fingerprint density at radius 2 is 1.84 bits per heavy atom. The molecule has 0 saturated heterocycles. The first-order valence-electron chi connectivity index (χ1n) is 7.91. The summed E-state index contributed by atoms with van der Waals surface area (Å²) in [6.45, 7) is 4.95. The minimum Gasteiger partial charge on any atom is -0.495 e. The molecule has 1 aromatic carbocycles. The number of benzene rings is 1. The Morgan fingerprint density at radius 1 is 1.16 bits per heavy atom. The van der Waals surface area contributed by atoms with Gasteiger partial charge < -0.3 is 15.0 Å². The van der Waals surface area contributed by atoms with Gasteiger partial charge in [0.15, 0.2) is 0 Å². The van der Waals surface area contributed by atoms with Crippen molar-refractivity contribution in [2.75, 3.05) is 25.5 Å². The summed E-state index contributed by atoms with van der Waals surface area (Å²) in [5.41, 5.74) is 0.909. The van der Waals surface area contributed by atoms with Crippen LogP contribution in [0.2, 0.25) is 5.02 Å². The van der Waals surface area contributed by atoms with Crippen molar-refractivity contribution in [1.82, 2.24) is 9.88 Å². The lowest BCUT2D eigenvalue weighted by Crippen LogP contribution is -2.31. The summed E-state index contributed by atoms with van der Waals surface area (Å²) in [5.74, 6) is -0.104. The van der Waals surface area contributed by atoms with Gasteiger partial charge in [-0.15, -0.1) is 0 Å². The van der Waals surface area contributed by atoms with Gasteiger partial charge in [0.1, 0.15) is 17.1 Å². The number of carbonyl (C=O) groups is 2. The molecule has 1 N–H and O–H groups in total. The molecule has 0 saturated carbocycles. The van der Waals surface area contributed by atoms with E-state index in [0.29, 0.717) is 29.5 Å². The van der Waals surface area contributed by atoms with E-state index in [0.717, 1.165) is 0 Å². The number of methoxy groups -OCH3 is 1. The lowest BCUT2D eigenvalue weighted by molar-refractivity contribution is 0.0767. The fraction of sp³-hybridized carbons (Fsp3) is 0.278. The highest BCUT2D eigenvalue weighted by molar-refractivity contribution is 6.32. The van der Waals surface area contributed by atoms with Gasteiger partial charge in [-0.05, 0) is 44.2 Å². The lowest BCUT2D eigenvalue weighted by Gasteiger charge is -2.18. The molecule has 0 aliphatic heterocycles. The SMILES string of the molecule is CCN(CC)C(=O)c1cccc(C(=O)Nc2ccc(OC)c(Cl)c2)n1. The summed E-state index contributed by atoms with van der Waals surface area (Å²) in [6.07, 6.45) is 0. The van der Waals surface area contributed by atoms with E-state index in [2.05, 4.69) is 10.3 Å². The average Bonchev–Trinajstić information content (AvgIpc) is 2.63. The molecule has 0 aliphatic rings. The molecule has 0 aliphatic carbocycles. The lowest BCUT2D eigenvalue weighted by atomic mass is 10.2. The largest absolute Gasteiger partial charge is 0.495 e. The summed E-state index contributed by atoms with van der Waals surface area (Å²) in [5, 5.41) is 3.10. The van der Waals surface area contributed by atoms with Gasteiger partial charge in [0.05, 0.1) is 12.1 Å². The second kappa shape index (κ2) is 8.48. The highest BCUT2D eigenvalue weighted by Gasteiger charge is 2.16. The number of anilines is 1. The highest BCUT2D eigenvalue weighted by atomic mass is 35.5. The predicted octanol–water partition coefficient (Wildman–Crippen LogP) is 3.48. The number of amides is 2. The second-order valence-electron chi connectivity index (χ2n) is 5.19. The van der Waals surface area contributed by atoms with Gasteiger partial charge in [-0.3, -0.25) is 9.59 Å². The first kappa shape index (κ1) is 18.7. The van der Waals surface area contributed by atoms with Crippen LogP contribution < -0.4 is 10.1 Å². The quantitative estimate of drug-likeness (QED) is 0.855. The summed E-state index contributed by atoms with van der Waals surface area (Å²) in [7, 11) is 1.52. The molecule has 1 aromatic heterocycles. The van der Waals surface area contributed by atoms with Crippen molar-refractivity contribution in [2.24, 2.45) is 0 Å². The maximum Gasteiger partial charge on any atom is 0.274 e. The van der Waals surface area contributed by atoms with E-state index in [9.17, 15) is 9.59 Å². The Labute approximate surface area is 151 Å². The number of nitrogens with one attached hydrogen (secondary N) is 1. The third-order valence-corrected chi connectivity index (χ3v) is 3.96. The average molecular weight is 362 g/mol. The molecule has 0 radical (unpaired) electrons. The number of aromatic nitrogens is 1. The smallest absolute Gasteiger partial charge is 0.274 e. The monoisotopic (exact) mass is 361 g/mol. The van der Waals surface area contributed by atoms with Crippen molar-refractivity contribution in [3.05, 3.63) is 52.8 Å². The number of carbonyl (C=O) groups excluding carboxylic acids is 2. The molecule has 132 valence electrons. The zero-order chi connectivity index (χ0) is 18.4. The number of halogens is 1.